The summed E-state index contributed by atoms with van der Waals surface area (Å²) in [4.78, 5) is 38.2. The smallest absolute Gasteiger partial charge is 0.266 e. The molecule has 3 amide bonds. The SMILES string of the molecule is CCc1ccccc1NC(=O)CN(C)C(=O)C[C@@H]1Oc2ccccc2NC1=O. The fourth-order valence-electron chi connectivity index (χ4n) is 2.99. The second-order valence-electron chi connectivity index (χ2n) is 6.60. The molecule has 146 valence electrons. The van der Waals surface area contributed by atoms with Gasteiger partial charge in [-0.3, -0.25) is 14.4 Å². The quantitative estimate of drug-likeness (QED) is 0.805. The molecular formula is C21H23N3O4. The van der Waals surface area contributed by atoms with Crippen molar-refractivity contribution >= 4 is 29.1 Å². The van der Waals surface area contributed by atoms with Gasteiger partial charge in [-0.15, -0.1) is 0 Å². The number of hydrogen-bond donors (Lipinski definition) is 2. The molecule has 0 bridgehead atoms. The number of carbonyl (C=O) groups excluding carboxylic acids is 3. The van der Waals surface area contributed by atoms with Crippen LogP contribution in [0.25, 0.3) is 0 Å². The van der Waals surface area contributed by atoms with Gasteiger partial charge in [0.1, 0.15) is 5.75 Å². The van der Waals surface area contributed by atoms with Crippen molar-refractivity contribution in [2.24, 2.45) is 0 Å². The Morgan fingerprint density at radius 1 is 1.14 bits per heavy atom. The van der Waals surface area contributed by atoms with Gasteiger partial charge < -0.3 is 20.3 Å². The second-order valence-corrected chi connectivity index (χ2v) is 6.60. The fourth-order valence-corrected chi connectivity index (χ4v) is 2.99. The van der Waals surface area contributed by atoms with Gasteiger partial charge in [0, 0.05) is 12.7 Å². The van der Waals surface area contributed by atoms with E-state index < -0.39 is 6.10 Å². The molecular weight excluding hydrogens is 358 g/mol. The lowest BCUT2D eigenvalue weighted by Gasteiger charge is -2.26. The number of benzene rings is 2. The van der Waals surface area contributed by atoms with Crippen LogP contribution in [-0.2, 0) is 20.8 Å². The molecule has 7 heteroatoms. The Morgan fingerprint density at radius 3 is 2.64 bits per heavy atom. The molecule has 0 aromatic heterocycles. The molecule has 0 saturated carbocycles. The number of rotatable bonds is 6. The van der Waals surface area contributed by atoms with E-state index in [1.165, 1.54) is 11.9 Å². The minimum absolute atomic E-state index is 0.109. The Bertz CT molecular complexity index is 897. The Hall–Kier alpha value is -3.35. The van der Waals surface area contributed by atoms with E-state index >= 15 is 0 Å². The van der Waals surface area contributed by atoms with Crippen LogP contribution in [0.5, 0.6) is 5.75 Å². The van der Waals surface area contributed by atoms with Crippen LogP contribution in [0.2, 0.25) is 0 Å². The van der Waals surface area contributed by atoms with Gasteiger partial charge in [0.05, 0.1) is 18.7 Å². The maximum absolute atomic E-state index is 12.5. The van der Waals surface area contributed by atoms with Crippen LogP contribution >= 0.6 is 0 Å². The zero-order chi connectivity index (χ0) is 20.1. The van der Waals surface area contributed by atoms with E-state index in [9.17, 15) is 14.4 Å². The number of nitrogens with zero attached hydrogens (tertiary/aromatic N) is 1. The third-order valence-corrected chi connectivity index (χ3v) is 4.55. The highest BCUT2D eigenvalue weighted by molar-refractivity contribution is 6.00. The van der Waals surface area contributed by atoms with Gasteiger partial charge in [-0.05, 0) is 30.2 Å². The van der Waals surface area contributed by atoms with E-state index in [4.69, 9.17) is 4.74 Å². The lowest BCUT2D eigenvalue weighted by Crippen LogP contribution is -2.43. The summed E-state index contributed by atoms with van der Waals surface area (Å²) in [5, 5.41) is 5.56. The Labute approximate surface area is 163 Å². The first-order valence-electron chi connectivity index (χ1n) is 9.16. The lowest BCUT2D eigenvalue weighted by atomic mass is 10.1. The van der Waals surface area contributed by atoms with Crippen LogP contribution in [0.4, 0.5) is 11.4 Å². The molecule has 1 aliphatic rings. The Morgan fingerprint density at radius 2 is 1.86 bits per heavy atom. The molecule has 0 spiro atoms. The summed E-state index contributed by atoms with van der Waals surface area (Å²) < 4.78 is 5.64. The predicted octanol–water partition coefficient (Wildman–Crippen LogP) is 2.44. The number of para-hydroxylation sites is 3. The topological polar surface area (TPSA) is 87.7 Å². The van der Waals surface area contributed by atoms with Crippen molar-refractivity contribution < 1.29 is 19.1 Å². The van der Waals surface area contributed by atoms with Crippen molar-refractivity contribution in [2.45, 2.75) is 25.9 Å². The summed E-state index contributed by atoms with van der Waals surface area (Å²) >= 11 is 0. The first-order chi connectivity index (χ1) is 13.5. The molecule has 0 unspecified atom stereocenters. The molecule has 0 aliphatic carbocycles. The molecule has 1 heterocycles. The Kier molecular flexibility index (Phi) is 5.93. The fraction of sp³-hybridized carbons (Fsp3) is 0.286. The highest BCUT2D eigenvalue weighted by Gasteiger charge is 2.30. The minimum atomic E-state index is -0.922. The van der Waals surface area contributed by atoms with Crippen LogP contribution in [-0.4, -0.2) is 42.3 Å². The van der Waals surface area contributed by atoms with Crippen LogP contribution in [0.3, 0.4) is 0 Å². The number of anilines is 2. The molecule has 3 rings (SSSR count). The zero-order valence-electron chi connectivity index (χ0n) is 15.9. The van der Waals surface area contributed by atoms with Gasteiger partial charge >= 0.3 is 0 Å². The maximum Gasteiger partial charge on any atom is 0.266 e. The molecule has 2 aromatic carbocycles. The molecule has 2 aromatic rings. The third kappa shape index (κ3) is 4.49. The van der Waals surface area contributed by atoms with Crippen LogP contribution < -0.4 is 15.4 Å². The van der Waals surface area contributed by atoms with E-state index in [2.05, 4.69) is 10.6 Å². The normalized spacial score (nSPS) is 15.1. The molecule has 7 nitrogen and oxygen atoms in total. The molecule has 0 fully saturated rings. The number of amides is 3. The second kappa shape index (κ2) is 8.56. The highest BCUT2D eigenvalue weighted by atomic mass is 16.5. The molecule has 2 N–H and O–H groups in total. The van der Waals surface area contributed by atoms with Crippen molar-refractivity contribution in [2.75, 3.05) is 24.2 Å². The van der Waals surface area contributed by atoms with Crippen LogP contribution in [0.15, 0.2) is 48.5 Å². The number of nitrogens with one attached hydrogen (secondary N) is 2. The molecule has 0 radical (unpaired) electrons. The van der Waals surface area contributed by atoms with E-state index in [0.29, 0.717) is 11.4 Å². The van der Waals surface area contributed by atoms with Crippen molar-refractivity contribution in [3.8, 4) is 5.75 Å². The van der Waals surface area contributed by atoms with E-state index in [1.54, 1.807) is 24.3 Å². The summed E-state index contributed by atoms with van der Waals surface area (Å²) in [6, 6.07) is 14.6. The largest absolute Gasteiger partial charge is 0.478 e. The van der Waals surface area contributed by atoms with E-state index in [1.807, 2.05) is 31.2 Å². The van der Waals surface area contributed by atoms with E-state index in [0.717, 1.165) is 17.7 Å². The van der Waals surface area contributed by atoms with E-state index in [-0.39, 0.29) is 30.7 Å². The average molecular weight is 381 g/mol. The monoisotopic (exact) mass is 381 g/mol. The minimum Gasteiger partial charge on any atom is -0.478 e. The van der Waals surface area contributed by atoms with Gasteiger partial charge in [-0.25, -0.2) is 0 Å². The van der Waals surface area contributed by atoms with Gasteiger partial charge in [-0.1, -0.05) is 37.3 Å². The average Bonchev–Trinajstić information content (AvgIpc) is 2.68. The summed E-state index contributed by atoms with van der Waals surface area (Å²) in [6.45, 7) is 1.90. The first kappa shape index (κ1) is 19.4. The molecule has 1 aliphatic heterocycles. The maximum atomic E-state index is 12.5. The number of hydrogen-bond acceptors (Lipinski definition) is 4. The lowest BCUT2D eigenvalue weighted by molar-refractivity contribution is -0.137. The van der Waals surface area contributed by atoms with Gasteiger partial charge in [0.2, 0.25) is 11.8 Å². The van der Waals surface area contributed by atoms with Crippen LogP contribution in [0.1, 0.15) is 18.9 Å². The first-order valence-corrected chi connectivity index (χ1v) is 9.16. The number of fused-ring (bicyclic) bond motifs is 1. The highest BCUT2D eigenvalue weighted by Crippen LogP contribution is 2.29. The van der Waals surface area contributed by atoms with Crippen LogP contribution in [0, 0.1) is 0 Å². The number of likely N-dealkylation sites (N-methyl/N-ethyl adjacent to an activating group) is 1. The number of ether oxygens (including phenoxy) is 1. The molecule has 28 heavy (non-hydrogen) atoms. The summed E-state index contributed by atoms with van der Waals surface area (Å²) in [5.41, 5.74) is 2.34. The van der Waals surface area contributed by atoms with Gasteiger partial charge in [-0.2, -0.15) is 0 Å². The third-order valence-electron chi connectivity index (χ3n) is 4.55. The zero-order valence-corrected chi connectivity index (χ0v) is 15.9. The van der Waals surface area contributed by atoms with Gasteiger partial charge in [0.25, 0.3) is 5.91 Å². The van der Waals surface area contributed by atoms with Gasteiger partial charge in [0.15, 0.2) is 6.10 Å². The number of carbonyl (C=O) groups is 3. The predicted molar refractivity (Wildman–Crippen MR) is 106 cm³/mol. The van der Waals surface area contributed by atoms with Crippen molar-refractivity contribution in [1.82, 2.24) is 4.90 Å². The molecule has 0 saturated heterocycles. The summed E-state index contributed by atoms with van der Waals surface area (Å²) in [5.74, 6) is -0.493. The van der Waals surface area contributed by atoms with Crippen molar-refractivity contribution in [3.05, 3.63) is 54.1 Å². The van der Waals surface area contributed by atoms with Crippen molar-refractivity contribution in [3.63, 3.8) is 0 Å². The number of aryl methyl sites for hydroxylation is 1. The Balaban J connectivity index is 1.56. The molecule has 1 atom stereocenters. The summed E-state index contributed by atoms with van der Waals surface area (Å²) in [7, 11) is 1.53. The standard InChI is InChI=1S/C21H23N3O4/c1-3-14-8-4-5-9-15(14)22-19(25)13-24(2)20(26)12-18-21(27)23-16-10-6-7-11-17(16)28-18/h4-11,18H,3,12-13H2,1-2H3,(H,22,25)(H,23,27)/t18-/m0/s1. The van der Waals surface area contributed by atoms with Crippen molar-refractivity contribution in [1.29, 1.82) is 0 Å². The summed E-state index contributed by atoms with van der Waals surface area (Å²) in [6.07, 6.45) is -0.273.